The number of benzene rings is 1. The van der Waals surface area contributed by atoms with Gasteiger partial charge in [-0.2, -0.15) is 4.31 Å². The summed E-state index contributed by atoms with van der Waals surface area (Å²) in [7, 11) is -3.35. The minimum absolute atomic E-state index is 0.345. The van der Waals surface area contributed by atoms with Crippen LogP contribution in [0, 0.1) is 0 Å². The molecule has 1 aromatic rings. The molecule has 0 fully saturated rings. The normalized spacial score (nSPS) is 12.0. The average molecular weight is 385 g/mol. The first-order valence-electron chi connectivity index (χ1n) is 5.34. The van der Waals surface area contributed by atoms with Crippen molar-refractivity contribution in [1.82, 2.24) is 4.31 Å². The Kier molecular flexibility index (Phi) is 6.12. The van der Waals surface area contributed by atoms with Gasteiger partial charge in [-0.1, -0.05) is 38.8 Å². The molecule has 0 aliphatic rings. The summed E-state index contributed by atoms with van der Waals surface area (Å²) >= 11 is 6.61. The van der Waals surface area contributed by atoms with E-state index in [0.29, 0.717) is 18.0 Å². The van der Waals surface area contributed by atoms with Gasteiger partial charge in [-0.3, -0.25) is 0 Å². The summed E-state index contributed by atoms with van der Waals surface area (Å²) in [6.07, 6.45) is 0.809. The third-order valence-corrected chi connectivity index (χ3v) is 5.42. The fourth-order valence-electron chi connectivity index (χ4n) is 1.44. The van der Waals surface area contributed by atoms with Gasteiger partial charge in [-0.15, -0.1) is 0 Å². The quantitative estimate of drug-likeness (QED) is 0.706. The summed E-state index contributed by atoms with van der Waals surface area (Å²) in [5, 5.41) is 0.805. The Hall–Kier alpha value is 0.0900. The molecule has 0 saturated carbocycles. The molecule has 0 amide bonds. The van der Waals surface area contributed by atoms with E-state index in [1.807, 2.05) is 6.92 Å². The van der Waals surface area contributed by atoms with Crippen LogP contribution in [0.15, 0.2) is 33.6 Å². The van der Waals surface area contributed by atoms with Crippen molar-refractivity contribution < 1.29 is 8.42 Å². The number of nitrogens with zero attached hydrogens (tertiary/aromatic N) is 1. The van der Waals surface area contributed by atoms with Gasteiger partial charge in [-0.05, 0) is 30.7 Å². The van der Waals surface area contributed by atoms with Gasteiger partial charge in [0.15, 0.2) is 0 Å². The van der Waals surface area contributed by atoms with E-state index >= 15 is 0 Å². The molecule has 1 rings (SSSR count). The maximum atomic E-state index is 12.3. The van der Waals surface area contributed by atoms with E-state index in [-0.39, 0.29) is 0 Å². The topological polar surface area (TPSA) is 37.4 Å². The smallest absolute Gasteiger partial charge is 0.207 e. The molecule has 0 N–H and O–H groups in total. The van der Waals surface area contributed by atoms with Crippen molar-refractivity contribution in [3.8, 4) is 0 Å². The highest BCUT2D eigenvalue weighted by Crippen LogP contribution is 2.18. The van der Waals surface area contributed by atoms with E-state index in [0.717, 1.165) is 16.2 Å². The summed E-state index contributed by atoms with van der Waals surface area (Å²) in [6, 6.07) is 6.73. The number of sulfonamides is 1. The molecule has 17 heavy (non-hydrogen) atoms. The maximum Gasteiger partial charge on any atom is 0.243 e. The molecular weight excluding hydrogens is 370 g/mol. The van der Waals surface area contributed by atoms with E-state index in [1.54, 1.807) is 24.3 Å². The van der Waals surface area contributed by atoms with Crippen molar-refractivity contribution >= 4 is 41.9 Å². The molecule has 0 saturated heterocycles. The fourth-order valence-corrected chi connectivity index (χ4v) is 3.44. The van der Waals surface area contributed by atoms with Crippen LogP contribution in [-0.2, 0) is 10.0 Å². The summed E-state index contributed by atoms with van der Waals surface area (Å²) in [5.41, 5.74) is 0. The molecule has 96 valence electrons. The van der Waals surface area contributed by atoms with Gasteiger partial charge in [0.2, 0.25) is 10.0 Å². The summed E-state index contributed by atoms with van der Waals surface area (Å²) in [4.78, 5) is 0.345. The highest BCUT2D eigenvalue weighted by atomic mass is 79.9. The molecule has 1 aromatic carbocycles. The lowest BCUT2D eigenvalue weighted by atomic mass is 10.4. The molecule has 0 aliphatic heterocycles. The third kappa shape index (κ3) is 4.05. The second kappa shape index (κ2) is 6.87. The first kappa shape index (κ1) is 15.1. The molecule has 0 aromatic heterocycles. The number of rotatable bonds is 6. The molecule has 0 heterocycles. The van der Waals surface area contributed by atoms with Crippen LogP contribution >= 0.6 is 31.9 Å². The Bertz CT molecular complexity index is 445. The molecular formula is C11H15Br2NO2S. The minimum atomic E-state index is -3.35. The summed E-state index contributed by atoms with van der Waals surface area (Å²) in [5.74, 6) is 0. The van der Waals surface area contributed by atoms with E-state index < -0.39 is 10.0 Å². The molecule has 0 radical (unpaired) electrons. The second-order valence-corrected chi connectivity index (χ2v) is 7.14. The summed E-state index contributed by atoms with van der Waals surface area (Å²) in [6.45, 7) is 2.89. The second-order valence-electron chi connectivity index (χ2n) is 3.49. The molecule has 0 atom stereocenters. The first-order valence-corrected chi connectivity index (χ1v) is 8.69. The minimum Gasteiger partial charge on any atom is -0.207 e. The molecule has 0 spiro atoms. The van der Waals surface area contributed by atoms with E-state index in [1.165, 1.54) is 4.31 Å². The zero-order chi connectivity index (χ0) is 12.9. The number of halogens is 2. The molecule has 0 aliphatic carbocycles. The monoisotopic (exact) mass is 383 g/mol. The van der Waals surface area contributed by atoms with Gasteiger partial charge in [0.05, 0.1) is 4.90 Å². The SMILES string of the molecule is CCN(CCCBr)S(=O)(=O)c1ccc(Br)cc1. The Balaban J connectivity index is 2.95. The summed E-state index contributed by atoms with van der Waals surface area (Å²) < 4.78 is 26.9. The van der Waals surface area contributed by atoms with E-state index in [2.05, 4.69) is 31.9 Å². The van der Waals surface area contributed by atoms with Crippen LogP contribution < -0.4 is 0 Å². The van der Waals surface area contributed by atoms with Gasteiger partial charge < -0.3 is 0 Å². The molecule has 6 heteroatoms. The Morgan fingerprint density at radius 2 is 1.82 bits per heavy atom. The predicted octanol–water partition coefficient (Wildman–Crippen LogP) is 3.24. The van der Waals surface area contributed by atoms with Crippen LogP contribution in [0.4, 0.5) is 0 Å². The van der Waals surface area contributed by atoms with Crippen LogP contribution in [0.25, 0.3) is 0 Å². The Labute approximate surface area is 120 Å². The van der Waals surface area contributed by atoms with Gasteiger partial charge in [0.1, 0.15) is 0 Å². The molecule has 0 bridgehead atoms. The molecule has 0 unspecified atom stereocenters. The van der Waals surface area contributed by atoms with Gasteiger partial charge in [-0.25, -0.2) is 8.42 Å². The van der Waals surface area contributed by atoms with Crippen LogP contribution in [0.2, 0.25) is 0 Å². The zero-order valence-electron chi connectivity index (χ0n) is 9.57. The van der Waals surface area contributed by atoms with Crippen LogP contribution in [0.5, 0.6) is 0 Å². The van der Waals surface area contributed by atoms with E-state index in [9.17, 15) is 8.42 Å². The lowest BCUT2D eigenvalue weighted by Gasteiger charge is -2.20. The Morgan fingerprint density at radius 1 is 1.24 bits per heavy atom. The number of alkyl halides is 1. The van der Waals surface area contributed by atoms with Crippen LogP contribution in [-0.4, -0.2) is 31.1 Å². The van der Waals surface area contributed by atoms with Gasteiger partial charge in [0.25, 0.3) is 0 Å². The third-order valence-electron chi connectivity index (χ3n) is 2.35. The average Bonchev–Trinajstić information content (AvgIpc) is 2.30. The fraction of sp³-hybridized carbons (Fsp3) is 0.455. The van der Waals surface area contributed by atoms with Crippen LogP contribution in [0.1, 0.15) is 13.3 Å². The largest absolute Gasteiger partial charge is 0.243 e. The molecule has 3 nitrogen and oxygen atoms in total. The standard InChI is InChI=1S/C11H15Br2NO2S/c1-2-14(9-3-8-12)17(15,16)11-6-4-10(13)5-7-11/h4-7H,2-3,8-9H2,1H3. The van der Waals surface area contributed by atoms with Crippen molar-refractivity contribution in [2.24, 2.45) is 0 Å². The van der Waals surface area contributed by atoms with Gasteiger partial charge >= 0.3 is 0 Å². The van der Waals surface area contributed by atoms with Gasteiger partial charge in [0, 0.05) is 22.9 Å². The number of hydrogen-bond donors (Lipinski definition) is 0. The predicted molar refractivity (Wildman–Crippen MR) is 77.0 cm³/mol. The number of hydrogen-bond acceptors (Lipinski definition) is 2. The van der Waals surface area contributed by atoms with Crippen molar-refractivity contribution in [1.29, 1.82) is 0 Å². The lowest BCUT2D eigenvalue weighted by molar-refractivity contribution is 0.428. The first-order chi connectivity index (χ1) is 8.02. The van der Waals surface area contributed by atoms with Crippen molar-refractivity contribution in [2.75, 3.05) is 18.4 Å². The Morgan fingerprint density at radius 3 is 2.29 bits per heavy atom. The van der Waals surface area contributed by atoms with Crippen LogP contribution in [0.3, 0.4) is 0 Å². The van der Waals surface area contributed by atoms with E-state index in [4.69, 9.17) is 0 Å². The zero-order valence-corrected chi connectivity index (χ0v) is 13.6. The van der Waals surface area contributed by atoms with Crippen molar-refractivity contribution in [3.63, 3.8) is 0 Å². The van der Waals surface area contributed by atoms with Crippen molar-refractivity contribution in [3.05, 3.63) is 28.7 Å². The highest BCUT2D eigenvalue weighted by Gasteiger charge is 2.22. The lowest BCUT2D eigenvalue weighted by Crippen LogP contribution is -2.32. The maximum absolute atomic E-state index is 12.3. The van der Waals surface area contributed by atoms with Crippen molar-refractivity contribution in [2.45, 2.75) is 18.2 Å². The highest BCUT2D eigenvalue weighted by molar-refractivity contribution is 9.10.